The van der Waals surface area contributed by atoms with E-state index < -0.39 is 10.0 Å². The smallest absolute Gasteiger partial charge is 0.268 e. The van der Waals surface area contributed by atoms with Crippen molar-refractivity contribution in [2.24, 2.45) is 5.73 Å². The third-order valence-electron chi connectivity index (χ3n) is 5.14. The molecule has 0 saturated heterocycles. The van der Waals surface area contributed by atoms with Gasteiger partial charge in [0.2, 0.25) is 0 Å². The van der Waals surface area contributed by atoms with Crippen LogP contribution in [0.3, 0.4) is 0 Å². The van der Waals surface area contributed by atoms with Crippen LogP contribution in [0.5, 0.6) is 5.75 Å². The van der Waals surface area contributed by atoms with Gasteiger partial charge >= 0.3 is 0 Å². The van der Waals surface area contributed by atoms with Gasteiger partial charge in [0.15, 0.2) is 0 Å². The molecule has 1 aliphatic heterocycles. The van der Waals surface area contributed by atoms with Crippen molar-refractivity contribution in [2.45, 2.75) is 17.5 Å². The highest BCUT2D eigenvalue weighted by molar-refractivity contribution is 7.90. The molecule has 152 valence electrons. The SMILES string of the molecule is NC1COc2c1ccc1c2cc(-c2cnc(CO)cn2)n1S(=O)(=O)c1ccccc1. The van der Waals surface area contributed by atoms with Crippen LogP contribution in [0.4, 0.5) is 0 Å². The highest BCUT2D eigenvalue weighted by Crippen LogP contribution is 2.42. The molecule has 8 nitrogen and oxygen atoms in total. The van der Waals surface area contributed by atoms with Crippen LogP contribution in [0, 0.1) is 0 Å². The Morgan fingerprint density at radius 2 is 1.93 bits per heavy atom. The standard InChI is InChI=1S/C21H18N4O4S/c22-17-12-29-21-15(17)6-7-19-16(21)8-20(18-10-23-13(11-26)9-24-18)25(19)30(27,28)14-4-2-1-3-5-14/h1-10,17,26H,11-12,22H2. The summed E-state index contributed by atoms with van der Waals surface area (Å²) >= 11 is 0. The summed E-state index contributed by atoms with van der Waals surface area (Å²) in [6.45, 7) is 0.0865. The zero-order valence-corrected chi connectivity index (χ0v) is 16.6. The maximum atomic E-state index is 13.6. The minimum atomic E-state index is -3.93. The fourth-order valence-electron chi connectivity index (χ4n) is 3.67. The number of hydrogen-bond acceptors (Lipinski definition) is 7. The molecule has 0 bridgehead atoms. The normalized spacial score (nSPS) is 15.9. The highest BCUT2D eigenvalue weighted by Gasteiger charge is 2.29. The van der Waals surface area contributed by atoms with Crippen molar-refractivity contribution in [1.82, 2.24) is 13.9 Å². The average molecular weight is 422 g/mol. The largest absolute Gasteiger partial charge is 0.491 e. The molecule has 2 aromatic carbocycles. The number of hydrogen-bond donors (Lipinski definition) is 2. The number of nitrogens with two attached hydrogens (primary N) is 1. The van der Waals surface area contributed by atoms with E-state index in [1.54, 1.807) is 48.5 Å². The van der Waals surface area contributed by atoms with Crippen LogP contribution < -0.4 is 10.5 Å². The van der Waals surface area contributed by atoms with E-state index in [4.69, 9.17) is 10.5 Å². The summed E-state index contributed by atoms with van der Waals surface area (Å²) in [5.74, 6) is 0.586. The molecule has 4 aromatic rings. The van der Waals surface area contributed by atoms with Crippen LogP contribution in [0.25, 0.3) is 22.3 Å². The molecular weight excluding hydrogens is 404 g/mol. The topological polar surface area (TPSA) is 120 Å². The molecule has 3 heterocycles. The molecule has 9 heteroatoms. The minimum absolute atomic E-state index is 0.154. The first-order chi connectivity index (χ1) is 14.5. The summed E-state index contributed by atoms with van der Waals surface area (Å²) in [4.78, 5) is 8.62. The molecule has 1 aliphatic rings. The lowest BCUT2D eigenvalue weighted by molar-refractivity contribution is 0.276. The monoisotopic (exact) mass is 422 g/mol. The van der Waals surface area contributed by atoms with Crippen LogP contribution in [0.1, 0.15) is 17.3 Å². The number of aliphatic hydroxyl groups is 1. The Morgan fingerprint density at radius 3 is 2.63 bits per heavy atom. The molecule has 0 amide bonds. The van der Waals surface area contributed by atoms with Crippen LogP contribution >= 0.6 is 0 Å². The molecule has 0 saturated carbocycles. The fourth-order valence-corrected chi connectivity index (χ4v) is 5.20. The zero-order valence-electron chi connectivity index (χ0n) is 15.8. The van der Waals surface area contributed by atoms with Crippen molar-refractivity contribution in [2.75, 3.05) is 6.61 Å². The van der Waals surface area contributed by atoms with Gasteiger partial charge in [-0.15, -0.1) is 0 Å². The predicted molar refractivity (Wildman–Crippen MR) is 110 cm³/mol. The van der Waals surface area contributed by atoms with E-state index >= 15 is 0 Å². The summed E-state index contributed by atoms with van der Waals surface area (Å²) in [6.07, 6.45) is 2.87. The van der Waals surface area contributed by atoms with Gasteiger partial charge in [0.1, 0.15) is 18.1 Å². The van der Waals surface area contributed by atoms with Crippen molar-refractivity contribution in [1.29, 1.82) is 0 Å². The van der Waals surface area contributed by atoms with Crippen LogP contribution in [-0.2, 0) is 16.6 Å². The third-order valence-corrected chi connectivity index (χ3v) is 6.88. The van der Waals surface area contributed by atoms with Gasteiger partial charge < -0.3 is 15.6 Å². The Labute approximate surface area is 172 Å². The van der Waals surface area contributed by atoms with Gasteiger partial charge in [-0.2, -0.15) is 0 Å². The number of rotatable bonds is 4. The number of fused-ring (bicyclic) bond motifs is 3. The van der Waals surface area contributed by atoms with Gasteiger partial charge in [0.25, 0.3) is 10.0 Å². The molecule has 0 spiro atoms. The van der Waals surface area contributed by atoms with Crippen molar-refractivity contribution < 1.29 is 18.3 Å². The van der Waals surface area contributed by atoms with E-state index in [9.17, 15) is 13.5 Å². The second-order valence-electron chi connectivity index (χ2n) is 7.00. The Hall–Kier alpha value is -3.27. The highest BCUT2D eigenvalue weighted by atomic mass is 32.2. The number of aromatic nitrogens is 3. The van der Waals surface area contributed by atoms with Crippen LogP contribution in [-0.4, -0.2) is 34.1 Å². The molecule has 2 aromatic heterocycles. The van der Waals surface area contributed by atoms with Crippen LogP contribution in [0.15, 0.2) is 65.8 Å². The molecular formula is C21H18N4O4S. The van der Waals surface area contributed by atoms with Crippen molar-refractivity contribution >= 4 is 20.9 Å². The Bertz CT molecular complexity index is 1350. The summed E-state index contributed by atoms with van der Waals surface area (Å²) in [5, 5.41) is 9.89. The summed E-state index contributed by atoms with van der Waals surface area (Å²) in [5.41, 5.74) is 8.51. The van der Waals surface area contributed by atoms with E-state index in [1.807, 2.05) is 0 Å². The van der Waals surface area contributed by atoms with Crippen molar-refractivity contribution in [3.63, 3.8) is 0 Å². The number of ether oxygens (including phenoxy) is 1. The van der Waals surface area contributed by atoms with Crippen LogP contribution in [0.2, 0.25) is 0 Å². The first kappa shape index (κ1) is 18.7. The molecule has 5 rings (SSSR count). The van der Waals surface area contributed by atoms with E-state index in [2.05, 4.69) is 9.97 Å². The lowest BCUT2D eigenvalue weighted by Gasteiger charge is -2.12. The molecule has 1 unspecified atom stereocenters. The van der Waals surface area contributed by atoms with E-state index in [0.29, 0.717) is 40.3 Å². The fraction of sp³-hybridized carbons (Fsp3) is 0.143. The minimum Gasteiger partial charge on any atom is -0.491 e. The second-order valence-corrected chi connectivity index (χ2v) is 8.78. The van der Waals surface area contributed by atoms with Gasteiger partial charge in [-0.05, 0) is 24.3 Å². The van der Waals surface area contributed by atoms with Gasteiger partial charge in [0.05, 0.1) is 46.8 Å². The molecule has 0 fully saturated rings. The number of nitrogens with zero attached hydrogens (tertiary/aromatic N) is 3. The maximum Gasteiger partial charge on any atom is 0.268 e. The van der Waals surface area contributed by atoms with E-state index in [1.165, 1.54) is 16.4 Å². The van der Waals surface area contributed by atoms with Crippen molar-refractivity contribution in [3.05, 3.63) is 72.2 Å². The summed E-state index contributed by atoms with van der Waals surface area (Å²) in [7, 11) is -3.93. The Kier molecular flexibility index (Phi) is 4.31. The second kappa shape index (κ2) is 6.91. The molecule has 0 aliphatic carbocycles. The Balaban J connectivity index is 1.83. The molecule has 30 heavy (non-hydrogen) atoms. The number of benzene rings is 2. The third kappa shape index (κ3) is 2.78. The molecule has 1 atom stereocenters. The lowest BCUT2D eigenvalue weighted by atomic mass is 10.1. The zero-order chi connectivity index (χ0) is 20.9. The number of aliphatic hydroxyl groups excluding tert-OH is 1. The summed E-state index contributed by atoms with van der Waals surface area (Å²) < 4.78 is 34.2. The van der Waals surface area contributed by atoms with E-state index in [-0.39, 0.29) is 17.5 Å². The van der Waals surface area contributed by atoms with Crippen molar-refractivity contribution in [3.8, 4) is 17.1 Å². The average Bonchev–Trinajstić information content (AvgIpc) is 3.35. The van der Waals surface area contributed by atoms with Gasteiger partial charge in [-0.3, -0.25) is 9.97 Å². The first-order valence-electron chi connectivity index (χ1n) is 9.30. The lowest BCUT2D eigenvalue weighted by Crippen LogP contribution is -2.14. The Morgan fingerprint density at radius 1 is 1.13 bits per heavy atom. The van der Waals surface area contributed by atoms with Gasteiger partial charge in [-0.25, -0.2) is 12.4 Å². The first-order valence-corrected chi connectivity index (χ1v) is 10.7. The predicted octanol–water partition coefficient (Wildman–Crippen LogP) is 2.22. The molecule has 0 radical (unpaired) electrons. The van der Waals surface area contributed by atoms with E-state index in [0.717, 1.165) is 5.56 Å². The maximum absolute atomic E-state index is 13.6. The van der Waals surface area contributed by atoms with Gasteiger partial charge in [0, 0.05) is 10.9 Å². The quantitative estimate of drug-likeness (QED) is 0.517. The molecule has 3 N–H and O–H groups in total. The van der Waals surface area contributed by atoms with Gasteiger partial charge in [-0.1, -0.05) is 24.3 Å². The summed E-state index contributed by atoms with van der Waals surface area (Å²) in [6, 6.07) is 13.2.